The maximum atomic E-state index is 14.4. The Hall–Kier alpha value is -3.04. The van der Waals surface area contributed by atoms with E-state index < -0.39 is 46.4 Å². The summed E-state index contributed by atoms with van der Waals surface area (Å²) >= 11 is 0. The van der Waals surface area contributed by atoms with E-state index in [9.17, 15) is 22.4 Å². The molecule has 10 heteroatoms. The Bertz CT molecular complexity index is 874. The Morgan fingerprint density at radius 3 is 2.52 bits per heavy atom. The number of ether oxygens (including phenoxy) is 1. The molecule has 0 unspecified atom stereocenters. The van der Waals surface area contributed by atoms with Gasteiger partial charge in [0.05, 0.1) is 5.69 Å². The second-order valence-corrected chi connectivity index (χ2v) is 6.11. The van der Waals surface area contributed by atoms with Gasteiger partial charge in [-0.1, -0.05) is 0 Å². The number of carbonyl (C=O) groups is 1. The third-order valence-electron chi connectivity index (χ3n) is 3.90. The Morgan fingerprint density at radius 2 is 1.89 bits per heavy atom. The zero-order valence-corrected chi connectivity index (χ0v) is 14.2. The molecule has 6 nitrogen and oxygen atoms in total. The highest BCUT2D eigenvalue weighted by molar-refractivity contribution is 5.90. The van der Waals surface area contributed by atoms with Crippen LogP contribution in [0.3, 0.4) is 0 Å². The number of pyridine rings is 1. The molecule has 27 heavy (non-hydrogen) atoms. The first-order valence-corrected chi connectivity index (χ1v) is 8.06. The molecule has 0 aliphatic heterocycles. The number of benzene rings is 1. The SMILES string of the molecule is Cc1cc(F)c(CNc2c(F)c(N)c(NC(=O)OC3CC3)c(F)c2F)cn1. The van der Waals surface area contributed by atoms with Crippen LogP contribution in [0, 0.1) is 30.2 Å². The molecular weight excluding hydrogens is 368 g/mol. The number of nitrogens with two attached hydrogens (primary N) is 1. The summed E-state index contributed by atoms with van der Waals surface area (Å²) in [5.41, 5.74) is 3.38. The van der Waals surface area contributed by atoms with Crippen molar-refractivity contribution in [3.05, 3.63) is 46.8 Å². The molecule has 2 aromatic rings. The van der Waals surface area contributed by atoms with Crippen molar-refractivity contribution in [2.75, 3.05) is 16.4 Å². The number of anilines is 3. The van der Waals surface area contributed by atoms with Crippen molar-refractivity contribution >= 4 is 23.2 Å². The number of rotatable bonds is 5. The molecule has 4 N–H and O–H groups in total. The lowest BCUT2D eigenvalue weighted by atomic mass is 10.2. The van der Waals surface area contributed by atoms with Crippen LogP contribution >= 0.6 is 0 Å². The van der Waals surface area contributed by atoms with E-state index in [2.05, 4.69) is 10.3 Å². The summed E-state index contributed by atoms with van der Waals surface area (Å²) in [6.45, 7) is 1.22. The van der Waals surface area contributed by atoms with Gasteiger partial charge in [0.15, 0.2) is 17.5 Å². The Morgan fingerprint density at radius 1 is 1.22 bits per heavy atom. The van der Waals surface area contributed by atoms with Crippen molar-refractivity contribution in [2.45, 2.75) is 32.4 Å². The van der Waals surface area contributed by atoms with E-state index in [-0.39, 0.29) is 18.2 Å². The van der Waals surface area contributed by atoms with Gasteiger partial charge in [-0.25, -0.2) is 22.4 Å². The van der Waals surface area contributed by atoms with Crippen LogP contribution in [0.25, 0.3) is 0 Å². The molecule has 1 heterocycles. The fourth-order valence-corrected chi connectivity index (χ4v) is 2.29. The van der Waals surface area contributed by atoms with Gasteiger partial charge in [0.2, 0.25) is 0 Å². The highest BCUT2D eigenvalue weighted by atomic mass is 19.2. The number of aromatic nitrogens is 1. The molecule has 0 saturated heterocycles. The van der Waals surface area contributed by atoms with Crippen molar-refractivity contribution in [3.8, 4) is 0 Å². The zero-order valence-electron chi connectivity index (χ0n) is 14.2. The fraction of sp³-hybridized carbons (Fsp3) is 0.294. The quantitative estimate of drug-likeness (QED) is 0.414. The predicted octanol–water partition coefficient (Wildman–Crippen LogP) is 3.85. The van der Waals surface area contributed by atoms with Gasteiger partial charge in [-0.2, -0.15) is 0 Å². The molecule has 0 bridgehead atoms. The second kappa shape index (κ2) is 7.29. The fourth-order valence-electron chi connectivity index (χ4n) is 2.29. The summed E-state index contributed by atoms with van der Waals surface area (Å²) < 4.78 is 61.6. The third-order valence-corrected chi connectivity index (χ3v) is 3.90. The molecule has 1 aromatic heterocycles. The third kappa shape index (κ3) is 4.04. The number of halogens is 4. The van der Waals surface area contributed by atoms with E-state index in [1.54, 1.807) is 6.92 Å². The van der Waals surface area contributed by atoms with Gasteiger partial charge >= 0.3 is 6.09 Å². The van der Waals surface area contributed by atoms with Crippen LogP contribution in [0.5, 0.6) is 0 Å². The Kier molecular flexibility index (Phi) is 5.06. The van der Waals surface area contributed by atoms with E-state index in [0.29, 0.717) is 18.5 Å². The normalized spacial score (nSPS) is 13.4. The van der Waals surface area contributed by atoms with Crippen molar-refractivity contribution in [3.63, 3.8) is 0 Å². The number of hydrogen-bond acceptors (Lipinski definition) is 5. The number of nitrogens with zero attached hydrogens (tertiary/aromatic N) is 1. The lowest BCUT2D eigenvalue weighted by Crippen LogP contribution is -2.19. The van der Waals surface area contributed by atoms with Crippen LogP contribution in [0.1, 0.15) is 24.1 Å². The Labute approximate surface area is 151 Å². The molecular formula is C17H16F4N4O2. The van der Waals surface area contributed by atoms with E-state index in [0.717, 1.165) is 6.07 Å². The zero-order chi connectivity index (χ0) is 19.7. The van der Waals surface area contributed by atoms with Crippen LogP contribution in [0.4, 0.5) is 39.4 Å². The summed E-state index contributed by atoms with van der Waals surface area (Å²) in [4.78, 5) is 15.5. The number of nitrogens with one attached hydrogen (secondary N) is 2. The van der Waals surface area contributed by atoms with Crippen LogP contribution in [-0.4, -0.2) is 17.2 Å². The molecule has 0 atom stereocenters. The van der Waals surface area contributed by atoms with E-state index in [1.165, 1.54) is 6.20 Å². The predicted molar refractivity (Wildman–Crippen MR) is 90.1 cm³/mol. The first kappa shape index (κ1) is 18.7. The lowest BCUT2D eigenvalue weighted by Gasteiger charge is -2.16. The largest absolute Gasteiger partial charge is 0.446 e. The number of amides is 1. The summed E-state index contributed by atoms with van der Waals surface area (Å²) in [5.74, 6) is -5.13. The van der Waals surface area contributed by atoms with Gasteiger partial charge < -0.3 is 15.8 Å². The standard InChI is InChI=1S/C17H16F4N4O2/c1-7-4-10(18)8(5-23-7)6-24-15-11(19)12(20)16(14(22)13(15)21)25-17(26)27-9-2-3-9/h4-5,9,24H,2-3,6,22H2,1H3,(H,25,26). The van der Waals surface area contributed by atoms with Crippen LogP contribution in [0.15, 0.2) is 12.3 Å². The average Bonchev–Trinajstić information content (AvgIpc) is 3.42. The van der Waals surface area contributed by atoms with Gasteiger partial charge in [0.1, 0.15) is 23.3 Å². The maximum Gasteiger partial charge on any atom is 0.412 e. The molecule has 1 fully saturated rings. The molecule has 0 spiro atoms. The molecule has 3 rings (SSSR count). The molecule has 1 aromatic carbocycles. The van der Waals surface area contributed by atoms with Gasteiger partial charge in [-0.05, 0) is 25.8 Å². The molecule has 1 amide bonds. The van der Waals surface area contributed by atoms with E-state index in [4.69, 9.17) is 10.5 Å². The summed E-state index contributed by atoms with van der Waals surface area (Å²) in [5, 5.41) is 4.18. The highest BCUT2D eigenvalue weighted by Gasteiger charge is 2.29. The first-order chi connectivity index (χ1) is 12.8. The minimum atomic E-state index is -1.61. The Balaban J connectivity index is 1.82. The van der Waals surface area contributed by atoms with Crippen molar-refractivity contribution in [1.82, 2.24) is 4.98 Å². The molecule has 1 aliphatic rings. The van der Waals surface area contributed by atoms with Crippen LogP contribution < -0.4 is 16.4 Å². The lowest BCUT2D eigenvalue weighted by molar-refractivity contribution is 0.154. The monoisotopic (exact) mass is 384 g/mol. The first-order valence-electron chi connectivity index (χ1n) is 8.06. The number of carbonyl (C=O) groups excluding carboxylic acids is 1. The van der Waals surface area contributed by atoms with Crippen LogP contribution in [-0.2, 0) is 11.3 Å². The highest BCUT2D eigenvalue weighted by Crippen LogP contribution is 2.35. The summed E-state index contributed by atoms with van der Waals surface area (Å²) in [6, 6.07) is 1.15. The van der Waals surface area contributed by atoms with E-state index in [1.807, 2.05) is 5.32 Å². The molecule has 1 saturated carbocycles. The molecule has 144 valence electrons. The van der Waals surface area contributed by atoms with Gasteiger partial charge in [-0.15, -0.1) is 0 Å². The smallest absolute Gasteiger partial charge is 0.412 e. The van der Waals surface area contributed by atoms with Crippen molar-refractivity contribution in [1.29, 1.82) is 0 Å². The number of nitrogen functional groups attached to an aromatic ring is 1. The van der Waals surface area contributed by atoms with Crippen molar-refractivity contribution < 1.29 is 27.1 Å². The van der Waals surface area contributed by atoms with Gasteiger partial charge in [-0.3, -0.25) is 10.3 Å². The van der Waals surface area contributed by atoms with Gasteiger partial charge in [0, 0.05) is 24.0 Å². The summed E-state index contributed by atoms with van der Waals surface area (Å²) in [7, 11) is 0. The topological polar surface area (TPSA) is 89.3 Å². The average molecular weight is 384 g/mol. The maximum absolute atomic E-state index is 14.4. The molecule has 1 aliphatic carbocycles. The molecule has 0 radical (unpaired) electrons. The minimum Gasteiger partial charge on any atom is -0.446 e. The summed E-state index contributed by atoms with van der Waals surface area (Å²) in [6.07, 6.45) is 1.18. The number of aryl methyl sites for hydroxylation is 1. The van der Waals surface area contributed by atoms with Crippen molar-refractivity contribution in [2.24, 2.45) is 0 Å². The second-order valence-electron chi connectivity index (χ2n) is 6.11. The number of hydrogen-bond donors (Lipinski definition) is 3. The van der Waals surface area contributed by atoms with Crippen LogP contribution in [0.2, 0.25) is 0 Å². The minimum absolute atomic E-state index is 0.0218. The van der Waals surface area contributed by atoms with Gasteiger partial charge in [0.25, 0.3) is 0 Å². The van der Waals surface area contributed by atoms with E-state index >= 15 is 0 Å².